The van der Waals surface area contributed by atoms with Gasteiger partial charge >= 0.3 is 0 Å². The van der Waals surface area contributed by atoms with E-state index in [1.165, 1.54) is 0 Å². The molecule has 0 aliphatic carbocycles. The first-order valence-corrected chi connectivity index (χ1v) is 6.29. The van der Waals surface area contributed by atoms with Gasteiger partial charge in [0.05, 0.1) is 7.11 Å². The summed E-state index contributed by atoms with van der Waals surface area (Å²) in [7, 11) is 1.59. The molecule has 1 saturated heterocycles. The molecule has 0 unspecified atom stereocenters. The van der Waals surface area contributed by atoms with E-state index in [0.29, 0.717) is 16.7 Å². The van der Waals surface area contributed by atoms with Gasteiger partial charge < -0.3 is 15.2 Å². The molecular formula is C13H18ClNO2. The predicted molar refractivity (Wildman–Crippen MR) is 69.3 cm³/mol. The number of piperidine rings is 1. The molecule has 1 fully saturated rings. The molecule has 1 aliphatic heterocycles. The van der Waals surface area contributed by atoms with Crippen molar-refractivity contribution < 1.29 is 9.84 Å². The quantitative estimate of drug-likeness (QED) is 0.854. The van der Waals surface area contributed by atoms with Crippen molar-refractivity contribution in [1.82, 2.24) is 5.32 Å². The van der Waals surface area contributed by atoms with Gasteiger partial charge in [-0.1, -0.05) is 11.6 Å². The van der Waals surface area contributed by atoms with E-state index in [4.69, 9.17) is 16.3 Å². The number of phenols is 1. The molecule has 1 heterocycles. The number of halogens is 1. The Morgan fingerprint density at radius 2 is 2.06 bits per heavy atom. The van der Waals surface area contributed by atoms with E-state index in [1.807, 2.05) is 6.92 Å². The summed E-state index contributed by atoms with van der Waals surface area (Å²) in [5.74, 6) is 1.13. The highest BCUT2D eigenvalue weighted by molar-refractivity contribution is 6.31. The van der Waals surface area contributed by atoms with Crippen molar-refractivity contribution >= 4 is 11.6 Å². The number of benzene rings is 1. The van der Waals surface area contributed by atoms with Crippen molar-refractivity contribution in [3.05, 3.63) is 22.2 Å². The molecule has 0 radical (unpaired) electrons. The van der Waals surface area contributed by atoms with Crippen LogP contribution in [0.4, 0.5) is 0 Å². The van der Waals surface area contributed by atoms with Gasteiger partial charge in [-0.05, 0) is 44.3 Å². The summed E-state index contributed by atoms with van der Waals surface area (Å²) < 4.78 is 5.34. The average Bonchev–Trinajstić information content (AvgIpc) is 2.34. The lowest BCUT2D eigenvalue weighted by molar-refractivity contribution is 0.358. The molecule has 4 heteroatoms. The lowest BCUT2D eigenvalue weighted by atomic mass is 9.86. The summed E-state index contributed by atoms with van der Waals surface area (Å²) in [6.45, 7) is 3.99. The molecule has 17 heavy (non-hydrogen) atoms. The van der Waals surface area contributed by atoms with Gasteiger partial charge in [-0.25, -0.2) is 0 Å². The molecule has 1 aromatic carbocycles. The maximum absolute atomic E-state index is 9.90. The van der Waals surface area contributed by atoms with Crippen molar-refractivity contribution in [3.63, 3.8) is 0 Å². The Morgan fingerprint density at radius 3 is 2.65 bits per heavy atom. The van der Waals surface area contributed by atoms with E-state index in [0.717, 1.165) is 37.1 Å². The van der Waals surface area contributed by atoms with Gasteiger partial charge in [-0.15, -0.1) is 0 Å². The number of nitrogens with one attached hydrogen (secondary N) is 1. The molecule has 1 aromatic rings. The molecule has 94 valence electrons. The van der Waals surface area contributed by atoms with Crippen LogP contribution in [0.25, 0.3) is 0 Å². The number of phenolic OH excluding ortho intramolecular Hbond substituents is 1. The zero-order valence-corrected chi connectivity index (χ0v) is 11.0. The molecule has 0 bridgehead atoms. The number of hydrogen-bond donors (Lipinski definition) is 2. The maximum Gasteiger partial charge on any atom is 0.164 e. The topological polar surface area (TPSA) is 41.5 Å². The van der Waals surface area contributed by atoms with Crippen LogP contribution in [0.15, 0.2) is 6.07 Å². The van der Waals surface area contributed by atoms with Gasteiger partial charge in [0.15, 0.2) is 11.5 Å². The second kappa shape index (κ2) is 5.15. The van der Waals surface area contributed by atoms with Crippen LogP contribution in [0, 0.1) is 6.92 Å². The van der Waals surface area contributed by atoms with E-state index in [9.17, 15) is 5.11 Å². The SMILES string of the molecule is COc1c(O)cc(Cl)c(C)c1C1CCNCC1. The fraction of sp³-hybridized carbons (Fsp3) is 0.538. The highest BCUT2D eigenvalue weighted by atomic mass is 35.5. The average molecular weight is 256 g/mol. The number of aromatic hydroxyl groups is 1. The maximum atomic E-state index is 9.90. The summed E-state index contributed by atoms with van der Waals surface area (Å²) in [6, 6.07) is 1.56. The lowest BCUT2D eigenvalue weighted by Gasteiger charge is -2.27. The van der Waals surface area contributed by atoms with Crippen molar-refractivity contribution in [3.8, 4) is 11.5 Å². The fourth-order valence-corrected chi connectivity index (χ4v) is 2.75. The third-order valence-electron chi connectivity index (χ3n) is 3.45. The van der Waals surface area contributed by atoms with Crippen LogP contribution in [0.3, 0.4) is 0 Å². The monoisotopic (exact) mass is 255 g/mol. The van der Waals surface area contributed by atoms with E-state index >= 15 is 0 Å². The number of hydrogen-bond acceptors (Lipinski definition) is 3. The molecule has 2 rings (SSSR count). The second-order valence-corrected chi connectivity index (χ2v) is 4.88. The molecule has 0 atom stereocenters. The van der Waals surface area contributed by atoms with Crippen molar-refractivity contribution in [2.45, 2.75) is 25.7 Å². The molecular weight excluding hydrogens is 238 g/mol. The standard InChI is InChI=1S/C13H18ClNO2/c1-8-10(14)7-11(16)13(17-2)12(8)9-3-5-15-6-4-9/h7,9,15-16H,3-6H2,1-2H3. The first kappa shape index (κ1) is 12.5. The van der Waals surface area contributed by atoms with E-state index in [-0.39, 0.29) is 5.75 Å². The van der Waals surface area contributed by atoms with Gasteiger partial charge in [0.25, 0.3) is 0 Å². The fourth-order valence-electron chi connectivity index (χ4n) is 2.55. The summed E-state index contributed by atoms with van der Waals surface area (Å²) in [5, 5.41) is 13.8. The van der Waals surface area contributed by atoms with Crippen molar-refractivity contribution in [1.29, 1.82) is 0 Å². The Morgan fingerprint density at radius 1 is 1.41 bits per heavy atom. The van der Waals surface area contributed by atoms with E-state index in [1.54, 1.807) is 13.2 Å². The van der Waals surface area contributed by atoms with E-state index < -0.39 is 0 Å². The third-order valence-corrected chi connectivity index (χ3v) is 3.85. The van der Waals surface area contributed by atoms with E-state index in [2.05, 4.69) is 5.32 Å². The van der Waals surface area contributed by atoms with Gasteiger partial charge in [0, 0.05) is 16.7 Å². The minimum atomic E-state index is 0.136. The molecule has 0 spiro atoms. The Balaban J connectivity index is 2.48. The summed E-state index contributed by atoms with van der Waals surface area (Å²) >= 11 is 6.14. The molecule has 2 N–H and O–H groups in total. The third kappa shape index (κ3) is 2.35. The molecule has 0 aromatic heterocycles. The zero-order valence-electron chi connectivity index (χ0n) is 10.2. The Hall–Kier alpha value is -0.930. The van der Waals surface area contributed by atoms with Crippen LogP contribution in [0.2, 0.25) is 5.02 Å². The highest BCUT2D eigenvalue weighted by Crippen LogP contribution is 2.43. The first-order valence-electron chi connectivity index (χ1n) is 5.91. The first-order chi connectivity index (χ1) is 8.15. The van der Waals surface area contributed by atoms with Crippen molar-refractivity contribution in [2.24, 2.45) is 0 Å². The molecule has 1 aliphatic rings. The number of ether oxygens (including phenoxy) is 1. The normalized spacial score (nSPS) is 17.1. The highest BCUT2D eigenvalue weighted by Gasteiger charge is 2.24. The number of rotatable bonds is 2. The van der Waals surface area contributed by atoms with Crippen LogP contribution in [0.1, 0.15) is 29.9 Å². The van der Waals surface area contributed by atoms with Gasteiger partial charge in [0.1, 0.15) is 0 Å². The van der Waals surface area contributed by atoms with Gasteiger partial charge in [-0.2, -0.15) is 0 Å². The van der Waals surface area contributed by atoms with Gasteiger partial charge in [0.2, 0.25) is 0 Å². The summed E-state index contributed by atoms with van der Waals surface area (Å²) in [5.41, 5.74) is 2.09. The van der Waals surface area contributed by atoms with Crippen molar-refractivity contribution in [2.75, 3.05) is 20.2 Å². The van der Waals surface area contributed by atoms with Crippen LogP contribution in [-0.4, -0.2) is 25.3 Å². The minimum absolute atomic E-state index is 0.136. The number of methoxy groups -OCH3 is 1. The molecule has 3 nitrogen and oxygen atoms in total. The predicted octanol–water partition coefficient (Wildman–Crippen LogP) is 2.83. The van der Waals surface area contributed by atoms with Crippen LogP contribution < -0.4 is 10.1 Å². The lowest BCUT2D eigenvalue weighted by Crippen LogP contribution is -2.27. The van der Waals surface area contributed by atoms with Crippen LogP contribution in [0.5, 0.6) is 11.5 Å². The van der Waals surface area contributed by atoms with Crippen LogP contribution in [-0.2, 0) is 0 Å². The summed E-state index contributed by atoms with van der Waals surface area (Å²) in [6.07, 6.45) is 2.11. The Labute approximate surface area is 107 Å². The minimum Gasteiger partial charge on any atom is -0.504 e. The summed E-state index contributed by atoms with van der Waals surface area (Å²) in [4.78, 5) is 0. The molecule has 0 amide bonds. The molecule has 0 saturated carbocycles. The van der Waals surface area contributed by atoms with Crippen LogP contribution >= 0.6 is 11.6 Å². The Bertz CT molecular complexity index is 414. The van der Waals surface area contributed by atoms with Gasteiger partial charge in [-0.3, -0.25) is 0 Å². The largest absolute Gasteiger partial charge is 0.504 e. The second-order valence-electron chi connectivity index (χ2n) is 4.47. The zero-order chi connectivity index (χ0) is 12.4. The smallest absolute Gasteiger partial charge is 0.164 e. The Kier molecular flexibility index (Phi) is 3.79.